The lowest BCUT2D eigenvalue weighted by molar-refractivity contribution is 0.475. The van der Waals surface area contributed by atoms with Crippen LogP contribution in [0.1, 0.15) is 36.1 Å². The van der Waals surface area contributed by atoms with E-state index in [2.05, 4.69) is 23.3 Å². The third-order valence-corrected chi connectivity index (χ3v) is 4.41. The highest BCUT2D eigenvalue weighted by Crippen LogP contribution is 2.43. The lowest BCUT2D eigenvalue weighted by atomic mass is 9.89. The maximum Gasteiger partial charge on any atom is 0.116 e. The molecule has 114 valence electrons. The quantitative estimate of drug-likeness (QED) is 0.887. The summed E-state index contributed by atoms with van der Waals surface area (Å²) in [5.41, 5.74) is 6.36. The molecule has 0 spiro atoms. The van der Waals surface area contributed by atoms with E-state index >= 15 is 0 Å². The number of allylic oxidation sites excluding steroid dienone is 1. The van der Waals surface area contributed by atoms with Crippen LogP contribution in [0.3, 0.4) is 0 Å². The first-order chi connectivity index (χ1) is 10.7. The monoisotopic (exact) mass is 294 g/mol. The molecule has 0 radical (unpaired) electrons. The predicted octanol–water partition coefficient (Wildman–Crippen LogP) is 3.51. The van der Waals surface area contributed by atoms with E-state index < -0.39 is 0 Å². The number of phenols is 1. The molecular formula is C19H22N2O. The molecule has 1 heterocycles. The summed E-state index contributed by atoms with van der Waals surface area (Å²) >= 11 is 0. The second kappa shape index (κ2) is 6.32. The fourth-order valence-corrected chi connectivity index (χ4v) is 3.30. The minimum absolute atomic E-state index is 0.233. The van der Waals surface area contributed by atoms with Crippen molar-refractivity contribution in [2.45, 2.75) is 25.7 Å². The molecule has 22 heavy (non-hydrogen) atoms. The largest absolute Gasteiger partial charge is 0.508 e. The molecule has 1 aliphatic rings. The van der Waals surface area contributed by atoms with Gasteiger partial charge in [-0.1, -0.05) is 24.6 Å². The van der Waals surface area contributed by atoms with Crippen LogP contribution in [0.15, 0.2) is 48.2 Å². The van der Waals surface area contributed by atoms with Crippen molar-refractivity contribution < 1.29 is 5.11 Å². The molecule has 0 saturated carbocycles. The molecule has 3 nitrogen and oxygen atoms in total. The van der Waals surface area contributed by atoms with E-state index in [0.717, 1.165) is 25.1 Å². The first kappa shape index (κ1) is 14.8. The number of hydrogen-bond donors (Lipinski definition) is 2. The Morgan fingerprint density at radius 3 is 2.86 bits per heavy atom. The van der Waals surface area contributed by atoms with Crippen molar-refractivity contribution >= 4 is 5.57 Å². The average Bonchev–Trinajstić information content (AvgIpc) is 2.90. The molecule has 1 unspecified atom stereocenters. The van der Waals surface area contributed by atoms with Crippen molar-refractivity contribution in [2.24, 2.45) is 0 Å². The first-order valence-electron chi connectivity index (χ1n) is 7.80. The summed E-state index contributed by atoms with van der Waals surface area (Å²) in [5.74, 6) is 0.565. The van der Waals surface area contributed by atoms with E-state index in [9.17, 15) is 5.11 Å². The molecule has 3 heteroatoms. The summed E-state index contributed by atoms with van der Waals surface area (Å²) in [6.45, 7) is 3.17. The number of aromatic hydroxyl groups is 1. The topological polar surface area (TPSA) is 45.2 Å². The second-order valence-corrected chi connectivity index (χ2v) is 5.87. The number of benzene rings is 1. The van der Waals surface area contributed by atoms with Crippen LogP contribution < -0.4 is 5.32 Å². The van der Waals surface area contributed by atoms with Gasteiger partial charge in [0, 0.05) is 17.8 Å². The van der Waals surface area contributed by atoms with Gasteiger partial charge in [-0.25, -0.2) is 0 Å². The number of nitrogens with one attached hydrogen (secondary N) is 1. The van der Waals surface area contributed by atoms with E-state index in [-0.39, 0.29) is 5.92 Å². The highest BCUT2D eigenvalue weighted by molar-refractivity contribution is 5.81. The van der Waals surface area contributed by atoms with Crippen LogP contribution in [0.4, 0.5) is 0 Å². The molecule has 0 saturated heterocycles. The van der Waals surface area contributed by atoms with Gasteiger partial charge in [-0.2, -0.15) is 0 Å². The van der Waals surface area contributed by atoms with Gasteiger partial charge < -0.3 is 10.4 Å². The third-order valence-electron chi connectivity index (χ3n) is 4.41. The Balaban J connectivity index is 2.04. The maximum atomic E-state index is 9.88. The van der Waals surface area contributed by atoms with Crippen molar-refractivity contribution in [1.29, 1.82) is 0 Å². The van der Waals surface area contributed by atoms with Gasteiger partial charge in [-0.3, -0.25) is 4.98 Å². The van der Waals surface area contributed by atoms with E-state index in [0.29, 0.717) is 5.75 Å². The summed E-state index contributed by atoms with van der Waals surface area (Å²) in [4.78, 5) is 4.52. The Morgan fingerprint density at radius 1 is 1.27 bits per heavy atom. The van der Waals surface area contributed by atoms with Gasteiger partial charge >= 0.3 is 0 Å². The Bertz CT molecular complexity index is 692. The van der Waals surface area contributed by atoms with Crippen LogP contribution in [0.2, 0.25) is 0 Å². The maximum absolute atomic E-state index is 9.88. The van der Waals surface area contributed by atoms with Gasteiger partial charge in [-0.15, -0.1) is 0 Å². The zero-order valence-corrected chi connectivity index (χ0v) is 13.1. The molecule has 1 aliphatic carbocycles. The van der Waals surface area contributed by atoms with Gasteiger partial charge in [0.15, 0.2) is 0 Å². The Labute approximate surface area is 131 Å². The highest BCUT2D eigenvalue weighted by Gasteiger charge is 2.26. The van der Waals surface area contributed by atoms with Gasteiger partial charge in [0.2, 0.25) is 0 Å². The van der Waals surface area contributed by atoms with Gasteiger partial charge in [-0.05, 0) is 67.4 Å². The van der Waals surface area contributed by atoms with Crippen molar-refractivity contribution in [3.05, 3.63) is 65.0 Å². The number of rotatable bonds is 5. The molecule has 1 atom stereocenters. The Kier molecular flexibility index (Phi) is 4.25. The minimum atomic E-state index is 0.233. The van der Waals surface area contributed by atoms with Crippen LogP contribution in [0.5, 0.6) is 5.75 Å². The molecule has 0 amide bonds. The Hall–Kier alpha value is -2.13. The summed E-state index contributed by atoms with van der Waals surface area (Å²) in [5, 5.41) is 13.1. The van der Waals surface area contributed by atoms with E-state index in [1.165, 1.54) is 22.3 Å². The standard InChI is InChI=1S/C19H22N2O/c1-13(18-5-3-4-9-21-18)19-15(8-10-20-2)11-14-6-7-16(22)12-17(14)19/h3-7,9,12-13,20,22H,8,10-11H2,1-2H3. The first-order valence-corrected chi connectivity index (χ1v) is 7.80. The van der Waals surface area contributed by atoms with Crippen LogP contribution in [-0.2, 0) is 6.42 Å². The fraction of sp³-hybridized carbons (Fsp3) is 0.316. The average molecular weight is 294 g/mol. The molecule has 0 aliphatic heterocycles. The second-order valence-electron chi connectivity index (χ2n) is 5.87. The molecular weight excluding hydrogens is 272 g/mol. The van der Waals surface area contributed by atoms with Crippen LogP contribution in [0.25, 0.3) is 5.57 Å². The molecule has 1 aromatic heterocycles. The van der Waals surface area contributed by atoms with Crippen LogP contribution in [-0.4, -0.2) is 23.7 Å². The zero-order valence-electron chi connectivity index (χ0n) is 13.1. The zero-order chi connectivity index (χ0) is 15.5. The van der Waals surface area contributed by atoms with Crippen LogP contribution in [0, 0.1) is 0 Å². The summed E-state index contributed by atoms with van der Waals surface area (Å²) in [6.07, 6.45) is 3.85. The van der Waals surface area contributed by atoms with Crippen molar-refractivity contribution in [2.75, 3.05) is 13.6 Å². The molecule has 1 aromatic carbocycles. The van der Waals surface area contributed by atoms with Gasteiger partial charge in [0.25, 0.3) is 0 Å². The normalized spacial score (nSPS) is 15.0. The molecule has 2 N–H and O–H groups in total. The lowest BCUT2D eigenvalue weighted by Gasteiger charge is -2.17. The number of phenolic OH excluding ortho intramolecular Hbond substituents is 1. The van der Waals surface area contributed by atoms with Crippen LogP contribution >= 0.6 is 0 Å². The van der Waals surface area contributed by atoms with Crippen molar-refractivity contribution in [1.82, 2.24) is 10.3 Å². The minimum Gasteiger partial charge on any atom is -0.508 e. The molecule has 0 fully saturated rings. The van der Waals surface area contributed by atoms with E-state index in [1.807, 2.05) is 37.5 Å². The SMILES string of the molecule is CNCCC1=C(C(C)c2ccccn2)c2cc(O)ccc2C1. The van der Waals surface area contributed by atoms with Crippen molar-refractivity contribution in [3.63, 3.8) is 0 Å². The highest BCUT2D eigenvalue weighted by atomic mass is 16.3. The predicted molar refractivity (Wildman–Crippen MR) is 89.9 cm³/mol. The fourth-order valence-electron chi connectivity index (χ4n) is 3.30. The molecule has 2 aromatic rings. The molecule has 0 bridgehead atoms. The number of nitrogens with zero attached hydrogens (tertiary/aromatic N) is 1. The smallest absolute Gasteiger partial charge is 0.116 e. The van der Waals surface area contributed by atoms with E-state index in [1.54, 1.807) is 6.07 Å². The van der Waals surface area contributed by atoms with Crippen molar-refractivity contribution in [3.8, 4) is 5.75 Å². The number of hydrogen-bond acceptors (Lipinski definition) is 3. The Morgan fingerprint density at radius 2 is 2.14 bits per heavy atom. The summed E-state index contributed by atoms with van der Waals surface area (Å²) in [6, 6.07) is 11.8. The lowest BCUT2D eigenvalue weighted by Crippen LogP contribution is -2.09. The van der Waals surface area contributed by atoms with Gasteiger partial charge in [0.05, 0.1) is 0 Å². The summed E-state index contributed by atoms with van der Waals surface area (Å²) < 4.78 is 0. The van der Waals surface area contributed by atoms with Gasteiger partial charge in [0.1, 0.15) is 5.75 Å². The number of fused-ring (bicyclic) bond motifs is 1. The van der Waals surface area contributed by atoms with E-state index in [4.69, 9.17) is 0 Å². The molecule has 3 rings (SSSR count). The summed E-state index contributed by atoms with van der Waals surface area (Å²) in [7, 11) is 1.98. The third kappa shape index (κ3) is 2.77. The number of pyridine rings is 1. The number of aromatic nitrogens is 1.